The molecule has 0 bridgehead atoms. The van der Waals surface area contributed by atoms with E-state index in [1.807, 2.05) is 0 Å². The average Bonchev–Trinajstić information content (AvgIpc) is 2.70. The molecule has 1 aliphatic heterocycles. The van der Waals surface area contributed by atoms with Crippen molar-refractivity contribution in [3.05, 3.63) is 59.9 Å². The van der Waals surface area contributed by atoms with Crippen LogP contribution in [-0.2, 0) is 19.7 Å². The lowest BCUT2D eigenvalue weighted by molar-refractivity contribution is -0.125. The fourth-order valence-corrected chi connectivity index (χ4v) is 3.29. The van der Waals surface area contributed by atoms with Crippen molar-refractivity contribution in [2.24, 2.45) is 5.73 Å². The van der Waals surface area contributed by atoms with Crippen LogP contribution in [0.15, 0.2) is 48.5 Å². The van der Waals surface area contributed by atoms with E-state index in [2.05, 4.69) is 5.32 Å². The number of hydrogen-bond acceptors (Lipinski definition) is 4. The highest BCUT2D eigenvalue weighted by atomic mass is 19.1. The number of benzene rings is 2. The Bertz CT molecular complexity index is 815. The van der Waals surface area contributed by atoms with Gasteiger partial charge < -0.3 is 20.5 Å². The van der Waals surface area contributed by atoms with Gasteiger partial charge >= 0.3 is 0 Å². The molecule has 6 nitrogen and oxygen atoms in total. The van der Waals surface area contributed by atoms with Gasteiger partial charge in [0, 0.05) is 18.9 Å². The molecule has 0 saturated carbocycles. The second-order valence-corrected chi connectivity index (χ2v) is 6.74. The van der Waals surface area contributed by atoms with E-state index in [-0.39, 0.29) is 24.8 Å². The molecule has 0 aliphatic carbocycles. The molecule has 0 aromatic heterocycles. The first-order valence-electron chi connectivity index (χ1n) is 9.16. The van der Waals surface area contributed by atoms with Gasteiger partial charge in [0.2, 0.25) is 11.8 Å². The first kappa shape index (κ1) is 19.8. The Morgan fingerprint density at radius 1 is 1.07 bits per heavy atom. The maximum absolute atomic E-state index is 13.3. The second-order valence-electron chi connectivity index (χ2n) is 6.74. The fourth-order valence-electron chi connectivity index (χ4n) is 3.29. The van der Waals surface area contributed by atoms with Crippen molar-refractivity contribution in [3.8, 4) is 5.75 Å². The van der Waals surface area contributed by atoms with E-state index in [4.69, 9.17) is 15.2 Å². The second kappa shape index (κ2) is 8.84. The minimum atomic E-state index is -0.761. The number of hydrogen-bond donors (Lipinski definition) is 2. The van der Waals surface area contributed by atoms with Crippen LogP contribution < -0.4 is 15.8 Å². The third-order valence-electron chi connectivity index (χ3n) is 4.91. The van der Waals surface area contributed by atoms with Crippen LogP contribution in [0.3, 0.4) is 0 Å². The van der Waals surface area contributed by atoms with Crippen LogP contribution in [0.5, 0.6) is 5.75 Å². The van der Waals surface area contributed by atoms with E-state index in [9.17, 15) is 14.0 Å². The molecule has 3 N–H and O–H groups in total. The van der Waals surface area contributed by atoms with Crippen LogP contribution in [0.1, 0.15) is 24.8 Å². The highest BCUT2D eigenvalue weighted by Gasteiger charge is 2.41. The molecule has 7 heteroatoms. The summed E-state index contributed by atoms with van der Waals surface area (Å²) in [5.41, 5.74) is 5.72. The van der Waals surface area contributed by atoms with Crippen LogP contribution in [0, 0.1) is 5.82 Å². The molecule has 3 rings (SSSR count). The van der Waals surface area contributed by atoms with Crippen molar-refractivity contribution in [2.75, 3.05) is 25.1 Å². The van der Waals surface area contributed by atoms with Crippen LogP contribution >= 0.6 is 0 Å². The van der Waals surface area contributed by atoms with Crippen molar-refractivity contribution in [3.63, 3.8) is 0 Å². The van der Waals surface area contributed by atoms with E-state index in [1.54, 1.807) is 36.4 Å². The fraction of sp³-hybridized carbons (Fsp3) is 0.333. The zero-order valence-electron chi connectivity index (χ0n) is 15.4. The van der Waals surface area contributed by atoms with Gasteiger partial charge in [-0.1, -0.05) is 12.1 Å². The number of carbonyl (C=O) groups is 2. The Labute approximate surface area is 162 Å². The first-order valence-corrected chi connectivity index (χ1v) is 9.16. The summed E-state index contributed by atoms with van der Waals surface area (Å²) in [7, 11) is 0. The first-order chi connectivity index (χ1) is 13.5. The molecule has 148 valence electrons. The standard InChI is InChI=1S/C21H23FN2O4/c22-16-3-1-15(2-4-16)21(10-13-27-14-11-21)20(26)24-17-5-7-18(8-6-17)28-12-9-19(23)25/h1-8H,9-14H2,(H2,23,25)(H,24,26). The van der Waals surface area contributed by atoms with Crippen molar-refractivity contribution in [1.82, 2.24) is 0 Å². The molecule has 2 aromatic carbocycles. The van der Waals surface area contributed by atoms with Gasteiger partial charge in [0.1, 0.15) is 11.6 Å². The number of nitrogens with one attached hydrogen (secondary N) is 1. The summed E-state index contributed by atoms with van der Waals surface area (Å²) in [6, 6.07) is 13.0. The number of halogens is 1. The van der Waals surface area contributed by atoms with Crippen molar-refractivity contribution < 1.29 is 23.5 Å². The highest BCUT2D eigenvalue weighted by molar-refractivity contribution is 5.99. The topological polar surface area (TPSA) is 90.7 Å². The third kappa shape index (κ3) is 4.67. The van der Waals surface area contributed by atoms with Crippen LogP contribution in [0.2, 0.25) is 0 Å². The lowest BCUT2D eigenvalue weighted by atomic mass is 9.73. The van der Waals surface area contributed by atoms with Crippen LogP contribution in [-0.4, -0.2) is 31.6 Å². The Kier molecular flexibility index (Phi) is 6.26. The number of primary amides is 1. The van der Waals surface area contributed by atoms with E-state index < -0.39 is 11.3 Å². The smallest absolute Gasteiger partial charge is 0.235 e. The maximum Gasteiger partial charge on any atom is 0.235 e. The van der Waals surface area contributed by atoms with Crippen molar-refractivity contribution in [2.45, 2.75) is 24.7 Å². The number of amides is 2. The molecule has 1 aliphatic rings. The summed E-state index contributed by atoms with van der Waals surface area (Å²) >= 11 is 0. The van der Waals surface area contributed by atoms with Crippen LogP contribution in [0.25, 0.3) is 0 Å². The van der Waals surface area contributed by atoms with E-state index >= 15 is 0 Å². The Balaban J connectivity index is 1.71. The van der Waals surface area contributed by atoms with Gasteiger partial charge in [0.15, 0.2) is 0 Å². The molecule has 0 atom stereocenters. The SMILES string of the molecule is NC(=O)CCOc1ccc(NC(=O)C2(c3ccc(F)cc3)CCOCC2)cc1. The van der Waals surface area contributed by atoms with E-state index in [0.29, 0.717) is 37.5 Å². The van der Waals surface area contributed by atoms with E-state index in [0.717, 1.165) is 5.56 Å². The minimum absolute atomic E-state index is 0.140. The Hall–Kier alpha value is -2.93. The van der Waals surface area contributed by atoms with Crippen LogP contribution in [0.4, 0.5) is 10.1 Å². The normalized spacial score (nSPS) is 15.6. The number of ether oxygens (including phenoxy) is 2. The zero-order valence-corrected chi connectivity index (χ0v) is 15.4. The molecule has 28 heavy (non-hydrogen) atoms. The molecule has 2 aromatic rings. The summed E-state index contributed by atoms with van der Waals surface area (Å²) in [4.78, 5) is 23.9. The predicted octanol–water partition coefficient (Wildman–Crippen LogP) is 2.77. The van der Waals surface area contributed by atoms with Gasteiger partial charge in [-0.3, -0.25) is 9.59 Å². The van der Waals surface area contributed by atoms with Crippen molar-refractivity contribution in [1.29, 1.82) is 0 Å². The molecule has 0 spiro atoms. The largest absolute Gasteiger partial charge is 0.493 e. The summed E-state index contributed by atoms with van der Waals surface area (Å²) in [6.07, 6.45) is 1.19. The van der Waals surface area contributed by atoms with Gasteiger partial charge in [-0.05, 0) is 54.8 Å². The Morgan fingerprint density at radius 3 is 2.32 bits per heavy atom. The maximum atomic E-state index is 13.3. The molecule has 1 saturated heterocycles. The number of carbonyl (C=O) groups excluding carboxylic acids is 2. The predicted molar refractivity (Wildman–Crippen MR) is 103 cm³/mol. The molecule has 2 amide bonds. The third-order valence-corrected chi connectivity index (χ3v) is 4.91. The monoisotopic (exact) mass is 386 g/mol. The quantitative estimate of drug-likeness (QED) is 0.766. The number of rotatable bonds is 7. The van der Waals surface area contributed by atoms with Gasteiger partial charge in [-0.2, -0.15) is 0 Å². The molecule has 1 fully saturated rings. The summed E-state index contributed by atoms with van der Waals surface area (Å²) < 4.78 is 24.2. The van der Waals surface area contributed by atoms with E-state index in [1.165, 1.54) is 12.1 Å². The number of anilines is 1. The Morgan fingerprint density at radius 2 is 1.71 bits per heavy atom. The average molecular weight is 386 g/mol. The van der Waals surface area contributed by atoms with Crippen molar-refractivity contribution >= 4 is 17.5 Å². The minimum Gasteiger partial charge on any atom is -0.493 e. The lowest BCUT2D eigenvalue weighted by Crippen LogP contribution is -2.44. The number of nitrogens with two attached hydrogens (primary N) is 1. The molecule has 0 radical (unpaired) electrons. The summed E-state index contributed by atoms with van der Waals surface area (Å²) in [6.45, 7) is 1.14. The lowest BCUT2D eigenvalue weighted by Gasteiger charge is -2.36. The van der Waals surface area contributed by atoms with Gasteiger partial charge in [0.25, 0.3) is 0 Å². The highest BCUT2D eigenvalue weighted by Crippen LogP contribution is 2.36. The summed E-state index contributed by atoms with van der Waals surface area (Å²) in [5, 5.41) is 2.95. The van der Waals surface area contributed by atoms with Gasteiger partial charge in [-0.25, -0.2) is 4.39 Å². The zero-order chi connectivity index (χ0) is 20.0. The molecular weight excluding hydrogens is 363 g/mol. The molecule has 0 unspecified atom stereocenters. The van der Waals surface area contributed by atoms with Gasteiger partial charge in [0.05, 0.1) is 18.4 Å². The molecule has 1 heterocycles. The summed E-state index contributed by atoms with van der Waals surface area (Å²) in [5.74, 6) is -0.326. The van der Waals surface area contributed by atoms with Gasteiger partial charge in [-0.15, -0.1) is 0 Å². The molecular formula is C21H23FN2O4.